The molecule has 4 aromatic heterocycles. The van der Waals surface area contributed by atoms with Gasteiger partial charge in [-0.3, -0.25) is 0 Å². The monoisotopic (exact) mass is 680 g/mol. The van der Waals surface area contributed by atoms with Crippen molar-refractivity contribution in [2.24, 2.45) is 0 Å². The van der Waals surface area contributed by atoms with Crippen LogP contribution >= 0.6 is 0 Å². The van der Waals surface area contributed by atoms with Gasteiger partial charge in [-0.1, -0.05) is 72.8 Å². The Labute approximate surface area is 298 Å². The SMILES string of the molecule is c1ccc(OC2=c3ccc([nH]3)=C(Oc3ccccc3)c3ccc([nH]3)C(Oc3ccccc3)=c3ccc([nH]3)=C(Oc3ccccc3)c3ccc2[nH]3)cc1. The summed E-state index contributed by atoms with van der Waals surface area (Å²) in [5.41, 5.74) is 2.97. The van der Waals surface area contributed by atoms with Gasteiger partial charge in [-0.15, -0.1) is 0 Å². The first kappa shape index (κ1) is 30.7. The smallest absolute Gasteiger partial charge is 0.174 e. The summed E-state index contributed by atoms with van der Waals surface area (Å²) >= 11 is 0. The predicted octanol–water partition coefficient (Wildman–Crippen LogP) is 6.25. The fourth-order valence-electron chi connectivity index (χ4n) is 6.09. The van der Waals surface area contributed by atoms with Gasteiger partial charge < -0.3 is 38.9 Å². The highest BCUT2D eigenvalue weighted by Gasteiger charge is 2.19. The van der Waals surface area contributed by atoms with E-state index in [0.717, 1.165) is 44.2 Å². The molecule has 0 amide bonds. The van der Waals surface area contributed by atoms with Crippen LogP contribution in [0.4, 0.5) is 0 Å². The molecule has 4 aromatic carbocycles. The van der Waals surface area contributed by atoms with Gasteiger partial charge in [0.1, 0.15) is 23.0 Å². The van der Waals surface area contributed by atoms with E-state index in [0.29, 0.717) is 46.0 Å². The molecule has 0 saturated heterocycles. The molecule has 8 heteroatoms. The lowest BCUT2D eigenvalue weighted by atomic mass is 10.3. The summed E-state index contributed by atoms with van der Waals surface area (Å²) in [7, 11) is 0. The number of benzene rings is 4. The first-order chi connectivity index (χ1) is 25.7. The lowest BCUT2D eigenvalue weighted by Gasteiger charge is -2.11. The zero-order valence-electron chi connectivity index (χ0n) is 27.8. The molecule has 0 spiro atoms. The number of hydrogen-bond acceptors (Lipinski definition) is 4. The molecular formula is C44H32N4O4. The molecule has 9 rings (SSSR count). The van der Waals surface area contributed by atoms with Crippen LogP contribution in [0.5, 0.6) is 23.0 Å². The summed E-state index contributed by atoms with van der Waals surface area (Å²) in [4.78, 5) is 14.4. The number of hydrogen-bond donors (Lipinski definition) is 4. The third-order valence-electron chi connectivity index (χ3n) is 8.55. The molecule has 0 saturated carbocycles. The lowest BCUT2D eigenvalue weighted by Crippen LogP contribution is -2.22. The van der Waals surface area contributed by atoms with Crippen LogP contribution in [0, 0.1) is 0 Å². The van der Waals surface area contributed by atoms with E-state index >= 15 is 0 Å². The Kier molecular flexibility index (Phi) is 7.99. The van der Waals surface area contributed by atoms with Crippen LogP contribution in [-0.4, -0.2) is 19.9 Å². The van der Waals surface area contributed by atoms with Gasteiger partial charge in [0.2, 0.25) is 0 Å². The molecule has 5 heterocycles. The van der Waals surface area contributed by atoms with Crippen molar-refractivity contribution in [2.45, 2.75) is 0 Å². The van der Waals surface area contributed by atoms with Crippen molar-refractivity contribution < 1.29 is 18.9 Å². The van der Waals surface area contributed by atoms with Gasteiger partial charge in [-0.05, 0) is 97.1 Å². The molecule has 4 N–H and O–H groups in total. The Bertz CT molecular complexity index is 2350. The first-order valence-corrected chi connectivity index (χ1v) is 16.9. The average molecular weight is 681 g/mol. The highest BCUT2D eigenvalue weighted by atomic mass is 16.5. The molecule has 0 radical (unpaired) electrons. The number of aromatic nitrogens is 4. The van der Waals surface area contributed by atoms with Crippen molar-refractivity contribution in [1.82, 2.24) is 19.9 Å². The third kappa shape index (κ3) is 6.28. The van der Waals surface area contributed by atoms with E-state index in [1.54, 1.807) is 0 Å². The quantitative estimate of drug-likeness (QED) is 0.152. The molecule has 0 unspecified atom stereocenters. The maximum atomic E-state index is 6.61. The van der Waals surface area contributed by atoms with Crippen LogP contribution in [0.1, 0.15) is 22.8 Å². The molecule has 252 valence electrons. The largest absolute Gasteiger partial charge is 0.453 e. The van der Waals surface area contributed by atoms with Gasteiger partial charge in [0.15, 0.2) is 23.0 Å². The van der Waals surface area contributed by atoms with Crippen molar-refractivity contribution in [3.63, 3.8) is 0 Å². The van der Waals surface area contributed by atoms with Gasteiger partial charge in [0, 0.05) is 0 Å². The third-order valence-corrected chi connectivity index (χ3v) is 8.55. The minimum Gasteiger partial charge on any atom is -0.453 e. The van der Waals surface area contributed by atoms with Crippen LogP contribution in [0.25, 0.3) is 23.0 Å². The Morgan fingerprint density at radius 1 is 0.231 bits per heavy atom. The molecule has 0 atom stereocenters. The molecule has 1 aliphatic rings. The highest BCUT2D eigenvalue weighted by Crippen LogP contribution is 2.25. The highest BCUT2D eigenvalue weighted by molar-refractivity contribution is 5.68. The second kappa shape index (κ2) is 13.5. The number of para-hydroxylation sites is 4. The Balaban J connectivity index is 1.32. The predicted molar refractivity (Wildman–Crippen MR) is 200 cm³/mol. The summed E-state index contributed by atoms with van der Waals surface area (Å²) in [6, 6.07) is 54.8. The number of rotatable bonds is 8. The van der Waals surface area contributed by atoms with E-state index < -0.39 is 0 Å². The fourth-order valence-corrected chi connectivity index (χ4v) is 6.09. The number of H-pyrrole nitrogens is 4. The van der Waals surface area contributed by atoms with Crippen LogP contribution in [0.15, 0.2) is 170 Å². The Morgan fingerprint density at radius 2 is 0.462 bits per heavy atom. The van der Waals surface area contributed by atoms with Crippen molar-refractivity contribution in [3.05, 3.63) is 214 Å². The van der Waals surface area contributed by atoms with Gasteiger partial charge in [-0.25, -0.2) is 0 Å². The minimum absolute atomic E-state index is 0.597. The summed E-state index contributed by atoms with van der Waals surface area (Å²) in [6.07, 6.45) is 0. The zero-order valence-corrected chi connectivity index (χ0v) is 27.8. The van der Waals surface area contributed by atoms with E-state index in [4.69, 9.17) is 18.9 Å². The second-order valence-electron chi connectivity index (χ2n) is 12.1. The minimum atomic E-state index is 0.597. The maximum absolute atomic E-state index is 6.61. The number of nitrogens with one attached hydrogen (secondary N) is 4. The average Bonchev–Trinajstić information content (AvgIpc) is 4.04. The van der Waals surface area contributed by atoms with Crippen LogP contribution in [0.2, 0.25) is 0 Å². The zero-order chi connectivity index (χ0) is 34.7. The van der Waals surface area contributed by atoms with Crippen LogP contribution in [0.3, 0.4) is 0 Å². The molecule has 1 aliphatic heterocycles. The molecular weight excluding hydrogens is 649 g/mol. The van der Waals surface area contributed by atoms with E-state index in [9.17, 15) is 0 Å². The fraction of sp³-hybridized carbons (Fsp3) is 0. The molecule has 8 aromatic rings. The van der Waals surface area contributed by atoms with Crippen LogP contribution in [-0.2, 0) is 0 Å². The topological polar surface area (TPSA) is 100 Å². The van der Waals surface area contributed by atoms with Gasteiger partial charge in [0.25, 0.3) is 0 Å². The van der Waals surface area contributed by atoms with E-state index in [1.165, 1.54) is 0 Å². The van der Waals surface area contributed by atoms with Crippen molar-refractivity contribution in [1.29, 1.82) is 0 Å². The standard InChI is InChI=1S/C44H32N4O4/c1-5-13-29(14-6-1)49-41-33-21-23-35(45-33)42(50-30-15-7-2-8-16-30)37-25-27-39(47-37)44(52-32-19-11-4-12-20-32)40-28-26-38(48-40)43(36-24-22-34(41)46-36)51-31-17-9-3-10-18-31/h1-28,45-48H. The van der Waals surface area contributed by atoms with E-state index in [2.05, 4.69) is 19.9 Å². The Hall–Kier alpha value is -7.32. The van der Waals surface area contributed by atoms with Crippen LogP contribution < -0.4 is 40.3 Å². The number of fused-ring (bicyclic) bond motifs is 8. The first-order valence-electron chi connectivity index (χ1n) is 16.9. The molecule has 0 fully saturated rings. The molecule has 8 nitrogen and oxygen atoms in total. The number of aromatic amines is 4. The summed E-state index contributed by atoms with van der Waals surface area (Å²) in [5.74, 6) is 5.16. The molecule has 52 heavy (non-hydrogen) atoms. The summed E-state index contributed by atoms with van der Waals surface area (Å²) in [5, 5.41) is 2.97. The maximum Gasteiger partial charge on any atom is 0.174 e. The van der Waals surface area contributed by atoms with Gasteiger partial charge >= 0.3 is 0 Å². The lowest BCUT2D eigenvalue weighted by molar-refractivity contribution is 0.500. The Morgan fingerprint density at radius 3 is 0.692 bits per heavy atom. The van der Waals surface area contributed by atoms with Crippen molar-refractivity contribution >= 4 is 23.0 Å². The van der Waals surface area contributed by atoms with Gasteiger partial charge in [-0.2, -0.15) is 0 Å². The summed E-state index contributed by atoms with van der Waals surface area (Å²) < 4.78 is 26.4. The molecule has 0 aliphatic carbocycles. The molecule has 8 bridgehead atoms. The summed E-state index contributed by atoms with van der Waals surface area (Å²) in [6.45, 7) is 0. The van der Waals surface area contributed by atoms with Gasteiger partial charge in [0.05, 0.1) is 44.2 Å². The second-order valence-corrected chi connectivity index (χ2v) is 12.1. The van der Waals surface area contributed by atoms with E-state index in [-0.39, 0.29) is 0 Å². The van der Waals surface area contributed by atoms with E-state index in [1.807, 2.05) is 170 Å². The number of ether oxygens (including phenoxy) is 4. The normalized spacial score (nSPS) is 12.5. The van der Waals surface area contributed by atoms with Crippen molar-refractivity contribution in [3.8, 4) is 23.0 Å². The van der Waals surface area contributed by atoms with Crippen molar-refractivity contribution in [2.75, 3.05) is 0 Å².